The van der Waals surface area contributed by atoms with Gasteiger partial charge in [-0.25, -0.2) is 13.2 Å². The van der Waals surface area contributed by atoms with Gasteiger partial charge in [-0.2, -0.15) is 0 Å². The van der Waals surface area contributed by atoms with Gasteiger partial charge in [0.05, 0.1) is 15.6 Å². The number of sulfonamides is 1. The highest BCUT2D eigenvalue weighted by molar-refractivity contribution is 7.93. The van der Waals surface area contributed by atoms with Crippen LogP contribution in [0.1, 0.15) is 34.3 Å². The van der Waals surface area contributed by atoms with E-state index < -0.39 is 16.0 Å². The molecule has 1 aromatic heterocycles. The van der Waals surface area contributed by atoms with E-state index in [1.807, 2.05) is 0 Å². The van der Waals surface area contributed by atoms with Crippen molar-refractivity contribution in [1.29, 1.82) is 0 Å². The van der Waals surface area contributed by atoms with Crippen LogP contribution in [0, 0.1) is 0 Å². The third-order valence-electron chi connectivity index (χ3n) is 3.91. The molecule has 3 rings (SSSR count). The average Bonchev–Trinajstić information content (AvgIpc) is 2.86. The molecular weight excluding hydrogens is 393 g/mol. The number of rotatable bonds is 4. The Morgan fingerprint density at radius 2 is 1.92 bits per heavy atom. The quantitative estimate of drug-likeness (QED) is 0.787. The summed E-state index contributed by atoms with van der Waals surface area (Å²) in [5, 5.41) is 9.57. The monoisotopic (exact) mass is 405 g/mol. The van der Waals surface area contributed by atoms with Crippen molar-refractivity contribution in [3.8, 4) is 0 Å². The van der Waals surface area contributed by atoms with E-state index in [2.05, 4.69) is 4.72 Å². The summed E-state index contributed by atoms with van der Waals surface area (Å²) < 4.78 is 27.7. The molecule has 0 bridgehead atoms. The fourth-order valence-electron chi connectivity index (χ4n) is 2.87. The fourth-order valence-corrected chi connectivity index (χ4v) is 6.09. The summed E-state index contributed by atoms with van der Waals surface area (Å²) >= 11 is 12.6. The highest BCUT2D eigenvalue weighted by atomic mass is 35.5. The number of nitrogens with one attached hydrogen (secondary N) is 1. The van der Waals surface area contributed by atoms with E-state index in [-0.39, 0.29) is 24.8 Å². The highest BCUT2D eigenvalue weighted by Crippen LogP contribution is 2.36. The van der Waals surface area contributed by atoms with Gasteiger partial charge in [-0.05, 0) is 48.9 Å². The third kappa shape index (κ3) is 3.26. The van der Waals surface area contributed by atoms with Crippen LogP contribution in [0.4, 0.5) is 5.69 Å². The number of aromatic carboxylic acids is 1. The first kappa shape index (κ1) is 17.5. The molecule has 1 heterocycles. The third-order valence-corrected chi connectivity index (χ3v) is 7.02. The number of aryl methyl sites for hydroxylation is 1. The molecule has 1 aliphatic carbocycles. The number of carboxylic acids is 1. The van der Waals surface area contributed by atoms with Gasteiger partial charge in [0.1, 0.15) is 9.23 Å². The standard InChI is InChI=1S/C15H13Cl2NO4S2/c16-12-7-11(14(17)23-12)24(21,22)18-10-6-5-8-3-1-2-4-9(8)13(10)15(19)20/h5-7,18H,1-4H2,(H,19,20). The number of anilines is 1. The molecule has 5 nitrogen and oxygen atoms in total. The van der Waals surface area contributed by atoms with Gasteiger partial charge in [0.15, 0.2) is 0 Å². The van der Waals surface area contributed by atoms with Gasteiger partial charge in [-0.3, -0.25) is 4.72 Å². The first-order chi connectivity index (χ1) is 11.3. The Labute approximate surface area is 153 Å². The summed E-state index contributed by atoms with van der Waals surface area (Å²) in [7, 11) is -4.03. The number of carboxylic acid groups (broad SMARTS) is 1. The maximum Gasteiger partial charge on any atom is 0.338 e. The molecule has 0 unspecified atom stereocenters. The fraction of sp³-hybridized carbons (Fsp3) is 0.267. The zero-order valence-corrected chi connectivity index (χ0v) is 15.4. The summed E-state index contributed by atoms with van der Waals surface area (Å²) in [6.07, 6.45) is 3.31. The van der Waals surface area contributed by atoms with Crippen LogP contribution >= 0.6 is 34.5 Å². The normalized spacial score (nSPS) is 14.2. The van der Waals surface area contributed by atoms with Gasteiger partial charge < -0.3 is 5.11 Å². The van der Waals surface area contributed by atoms with Crippen molar-refractivity contribution in [2.75, 3.05) is 4.72 Å². The predicted molar refractivity (Wildman–Crippen MR) is 95.2 cm³/mol. The Kier molecular flexibility index (Phi) is 4.79. The largest absolute Gasteiger partial charge is 0.478 e. The van der Waals surface area contributed by atoms with Gasteiger partial charge in [0, 0.05) is 0 Å². The Morgan fingerprint density at radius 3 is 2.54 bits per heavy atom. The van der Waals surface area contributed by atoms with Crippen molar-refractivity contribution < 1.29 is 18.3 Å². The summed E-state index contributed by atoms with van der Waals surface area (Å²) in [5.41, 5.74) is 1.70. The van der Waals surface area contributed by atoms with Crippen LogP contribution in [-0.2, 0) is 22.9 Å². The lowest BCUT2D eigenvalue weighted by atomic mass is 9.87. The van der Waals surface area contributed by atoms with Crippen LogP contribution in [0.25, 0.3) is 0 Å². The number of fused-ring (bicyclic) bond motifs is 1. The summed E-state index contributed by atoms with van der Waals surface area (Å²) in [6.45, 7) is 0. The molecule has 0 saturated heterocycles. The maximum absolute atomic E-state index is 12.5. The van der Waals surface area contributed by atoms with E-state index in [4.69, 9.17) is 23.2 Å². The van der Waals surface area contributed by atoms with Gasteiger partial charge in [-0.15, -0.1) is 11.3 Å². The van der Waals surface area contributed by atoms with Crippen LogP contribution in [0.5, 0.6) is 0 Å². The van der Waals surface area contributed by atoms with E-state index in [0.717, 1.165) is 36.2 Å². The first-order valence-corrected chi connectivity index (χ1v) is 10.2. The Hall–Kier alpha value is -1.28. The molecule has 0 spiro atoms. The van der Waals surface area contributed by atoms with Gasteiger partial charge >= 0.3 is 5.97 Å². The number of hydrogen-bond acceptors (Lipinski definition) is 4. The van der Waals surface area contributed by atoms with E-state index in [1.165, 1.54) is 12.1 Å². The first-order valence-electron chi connectivity index (χ1n) is 7.15. The zero-order valence-electron chi connectivity index (χ0n) is 12.3. The van der Waals surface area contributed by atoms with Crippen molar-refractivity contribution in [1.82, 2.24) is 0 Å². The second-order valence-electron chi connectivity index (χ2n) is 5.43. The van der Waals surface area contributed by atoms with E-state index in [0.29, 0.717) is 12.0 Å². The van der Waals surface area contributed by atoms with Crippen molar-refractivity contribution in [2.24, 2.45) is 0 Å². The van der Waals surface area contributed by atoms with Gasteiger partial charge in [0.25, 0.3) is 10.0 Å². The van der Waals surface area contributed by atoms with Gasteiger partial charge in [0.2, 0.25) is 0 Å². The average molecular weight is 406 g/mol. The minimum absolute atomic E-state index is 0.00761. The van der Waals surface area contributed by atoms with Crippen LogP contribution in [0.15, 0.2) is 23.1 Å². The van der Waals surface area contributed by atoms with Crippen molar-refractivity contribution in [3.05, 3.63) is 43.6 Å². The molecule has 1 aromatic carbocycles. The Bertz CT molecular complexity index is 922. The molecule has 24 heavy (non-hydrogen) atoms. The number of thiophene rings is 1. The molecule has 0 aliphatic heterocycles. The van der Waals surface area contributed by atoms with E-state index >= 15 is 0 Å². The molecule has 128 valence electrons. The molecule has 0 fully saturated rings. The Morgan fingerprint density at radius 1 is 1.21 bits per heavy atom. The van der Waals surface area contributed by atoms with Crippen LogP contribution in [-0.4, -0.2) is 19.5 Å². The van der Waals surface area contributed by atoms with E-state index in [1.54, 1.807) is 6.07 Å². The summed E-state index contributed by atoms with van der Waals surface area (Å²) in [5.74, 6) is -1.15. The maximum atomic E-state index is 12.5. The highest BCUT2D eigenvalue weighted by Gasteiger charge is 2.26. The molecule has 1 aliphatic rings. The predicted octanol–water partition coefficient (Wildman–Crippen LogP) is 4.43. The second-order valence-corrected chi connectivity index (χ2v) is 9.37. The minimum Gasteiger partial charge on any atom is -0.478 e. The van der Waals surface area contributed by atoms with Crippen molar-refractivity contribution in [3.63, 3.8) is 0 Å². The van der Waals surface area contributed by atoms with Crippen molar-refractivity contribution in [2.45, 2.75) is 30.6 Å². The lowest BCUT2D eigenvalue weighted by Crippen LogP contribution is -2.18. The molecule has 0 radical (unpaired) electrons. The van der Waals surface area contributed by atoms with Crippen LogP contribution < -0.4 is 4.72 Å². The number of hydrogen-bond donors (Lipinski definition) is 2. The lowest BCUT2D eigenvalue weighted by Gasteiger charge is -2.20. The zero-order chi connectivity index (χ0) is 17.5. The number of carbonyl (C=O) groups is 1. The molecule has 0 amide bonds. The molecule has 0 atom stereocenters. The van der Waals surface area contributed by atoms with Crippen LogP contribution in [0.3, 0.4) is 0 Å². The van der Waals surface area contributed by atoms with Crippen LogP contribution in [0.2, 0.25) is 8.67 Å². The number of halogens is 2. The Balaban J connectivity index is 2.07. The molecule has 2 N–H and O–H groups in total. The second kappa shape index (κ2) is 6.55. The van der Waals surface area contributed by atoms with E-state index in [9.17, 15) is 18.3 Å². The SMILES string of the molecule is O=C(O)c1c(NS(=O)(=O)c2cc(Cl)sc2Cl)ccc2c1CCCC2. The topological polar surface area (TPSA) is 83.5 Å². The van der Waals surface area contributed by atoms with Gasteiger partial charge in [-0.1, -0.05) is 29.3 Å². The lowest BCUT2D eigenvalue weighted by molar-refractivity contribution is 0.0696. The summed E-state index contributed by atoms with van der Waals surface area (Å²) in [6, 6.07) is 4.52. The van der Waals surface area contributed by atoms with Crippen molar-refractivity contribution >= 4 is 56.2 Å². The molecule has 2 aromatic rings. The minimum atomic E-state index is -4.03. The number of benzene rings is 1. The molecule has 9 heteroatoms. The summed E-state index contributed by atoms with van der Waals surface area (Å²) in [4.78, 5) is 11.5. The molecular formula is C15H13Cl2NO4S2. The smallest absolute Gasteiger partial charge is 0.338 e. The molecule has 0 saturated carbocycles.